The number of aromatic nitrogens is 2. The molecule has 0 saturated carbocycles. The van der Waals surface area contributed by atoms with Crippen molar-refractivity contribution in [2.75, 3.05) is 0 Å². The zero-order valence-corrected chi connectivity index (χ0v) is 11.3. The molecule has 0 atom stereocenters. The minimum absolute atomic E-state index is 0.200. The second-order valence-electron chi connectivity index (χ2n) is 4.11. The van der Waals surface area contributed by atoms with Crippen LogP contribution in [-0.2, 0) is 12.9 Å². The van der Waals surface area contributed by atoms with E-state index in [4.69, 9.17) is 16.3 Å². The quantitative estimate of drug-likeness (QED) is 0.794. The number of rotatable bonds is 3. The zero-order chi connectivity index (χ0) is 13.3. The third kappa shape index (κ3) is 2.34. The van der Waals surface area contributed by atoms with Crippen LogP contribution in [0.3, 0.4) is 0 Å². The summed E-state index contributed by atoms with van der Waals surface area (Å²) in [6.07, 6.45) is 0. The van der Waals surface area contributed by atoms with Crippen LogP contribution in [0.5, 0.6) is 11.5 Å². The largest absolute Gasteiger partial charge is 0.453 e. The number of hydrogen-bond donors (Lipinski definition) is 0. The van der Waals surface area contributed by atoms with E-state index < -0.39 is 0 Å². The van der Waals surface area contributed by atoms with Gasteiger partial charge in [0.05, 0.1) is 11.6 Å². The van der Waals surface area contributed by atoms with E-state index in [-0.39, 0.29) is 11.7 Å². The van der Waals surface area contributed by atoms with Gasteiger partial charge in [-0.05, 0) is 32.0 Å². The van der Waals surface area contributed by atoms with Gasteiger partial charge in [-0.25, -0.2) is 4.39 Å². The Morgan fingerprint density at radius 2 is 2.11 bits per heavy atom. The van der Waals surface area contributed by atoms with Crippen molar-refractivity contribution in [1.82, 2.24) is 9.78 Å². The third-order valence-electron chi connectivity index (χ3n) is 2.82. The van der Waals surface area contributed by atoms with E-state index in [1.807, 2.05) is 20.9 Å². The normalized spacial score (nSPS) is 10.7. The molecule has 0 radical (unpaired) electrons. The molecule has 1 aromatic carbocycles. The van der Waals surface area contributed by atoms with Gasteiger partial charge in [-0.3, -0.25) is 4.68 Å². The molecular formula is C13H14ClFN2O. The predicted molar refractivity (Wildman–Crippen MR) is 68.7 cm³/mol. The highest BCUT2D eigenvalue weighted by molar-refractivity contribution is 6.17. The summed E-state index contributed by atoms with van der Waals surface area (Å²) in [6.45, 7) is 3.78. The molecule has 18 heavy (non-hydrogen) atoms. The Balaban J connectivity index is 2.39. The van der Waals surface area contributed by atoms with Gasteiger partial charge in [-0.1, -0.05) is 0 Å². The summed E-state index contributed by atoms with van der Waals surface area (Å²) in [7, 11) is 1.85. The van der Waals surface area contributed by atoms with Crippen LogP contribution < -0.4 is 4.74 Å². The first kappa shape index (κ1) is 12.9. The number of benzene rings is 1. The molecule has 5 heteroatoms. The highest BCUT2D eigenvalue weighted by Gasteiger charge is 2.13. The Morgan fingerprint density at radius 1 is 1.39 bits per heavy atom. The molecule has 96 valence electrons. The summed E-state index contributed by atoms with van der Waals surface area (Å²) in [5.41, 5.74) is 2.33. The summed E-state index contributed by atoms with van der Waals surface area (Å²) >= 11 is 5.79. The molecule has 0 N–H and O–H groups in total. The summed E-state index contributed by atoms with van der Waals surface area (Å²) in [5.74, 6) is 1.13. The first-order chi connectivity index (χ1) is 8.52. The maximum atomic E-state index is 13.1. The smallest absolute Gasteiger partial charge is 0.171 e. The summed E-state index contributed by atoms with van der Waals surface area (Å²) in [6, 6.07) is 4.31. The van der Waals surface area contributed by atoms with Crippen molar-refractivity contribution in [3.8, 4) is 11.5 Å². The first-order valence-electron chi connectivity index (χ1n) is 5.55. The van der Waals surface area contributed by atoms with Crippen molar-refractivity contribution in [3.63, 3.8) is 0 Å². The lowest BCUT2D eigenvalue weighted by molar-refractivity contribution is 0.468. The zero-order valence-electron chi connectivity index (χ0n) is 10.5. The summed E-state index contributed by atoms with van der Waals surface area (Å²) < 4.78 is 20.7. The maximum absolute atomic E-state index is 13.1. The fraction of sp³-hybridized carbons (Fsp3) is 0.308. The standard InChI is InChI=1S/C13H14ClFN2O/c1-8-13(9(2)17(3)16-8)18-12-5-4-11(15)6-10(12)7-14/h4-6H,7H2,1-3H3. The summed E-state index contributed by atoms with van der Waals surface area (Å²) in [4.78, 5) is 0. The van der Waals surface area contributed by atoms with E-state index in [0.29, 0.717) is 17.1 Å². The van der Waals surface area contributed by atoms with Gasteiger partial charge in [-0.15, -0.1) is 11.6 Å². The molecule has 0 amide bonds. The second-order valence-corrected chi connectivity index (χ2v) is 4.38. The van der Waals surface area contributed by atoms with Crippen molar-refractivity contribution in [2.24, 2.45) is 7.05 Å². The molecule has 0 fully saturated rings. The van der Waals surface area contributed by atoms with E-state index in [2.05, 4.69) is 5.10 Å². The Hall–Kier alpha value is -1.55. The lowest BCUT2D eigenvalue weighted by atomic mass is 10.2. The average molecular weight is 269 g/mol. The highest BCUT2D eigenvalue weighted by Crippen LogP contribution is 2.31. The molecule has 0 aliphatic rings. The number of alkyl halides is 1. The van der Waals surface area contributed by atoms with Crippen LogP contribution in [0.1, 0.15) is 17.0 Å². The van der Waals surface area contributed by atoms with E-state index in [1.165, 1.54) is 12.1 Å². The van der Waals surface area contributed by atoms with Gasteiger partial charge >= 0.3 is 0 Å². The van der Waals surface area contributed by atoms with E-state index in [9.17, 15) is 4.39 Å². The Morgan fingerprint density at radius 3 is 2.67 bits per heavy atom. The topological polar surface area (TPSA) is 27.1 Å². The molecular weight excluding hydrogens is 255 g/mol. The van der Waals surface area contributed by atoms with Crippen molar-refractivity contribution >= 4 is 11.6 Å². The average Bonchev–Trinajstić information content (AvgIpc) is 2.58. The molecule has 0 spiro atoms. The fourth-order valence-corrected chi connectivity index (χ4v) is 1.97. The van der Waals surface area contributed by atoms with Crippen LogP contribution in [0.2, 0.25) is 0 Å². The number of halogens is 2. The van der Waals surface area contributed by atoms with Crippen molar-refractivity contribution in [3.05, 3.63) is 41.0 Å². The maximum Gasteiger partial charge on any atom is 0.171 e. The molecule has 1 heterocycles. The highest BCUT2D eigenvalue weighted by atomic mass is 35.5. The van der Waals surface area contributed by atoms with Crippen molar-refractivity contribution in [2.45, 2.75) is 19.7 Å². The predicted octanol–water partition coefficient (Wildman–Crippen LogP) is 3.71. The number of aryl methyl sites for hydroxylation is 2. The van der Waals surface area contributed by atoms with Gasteiger partial charge < -0.3 is 4.74 Å². The van der Waals surface area contributed by atoms with Crippen molar-refractivity contribution < 1.29 is 9.13 Å². The van der Waals surface area contributed by atoms with Gasteiger partial charge in [-0.2, -0.15) is 5.10 Å². The number of nitrogens with zero attached hydrogens (tertiary/aromatic N) is 2. The third-order valence-corrected chi connectivity index (χ3v) is 3.11. The Kier molecular flexibility index (Phi) is 3.57. The molecule has 1 aromatic heterocycles. The van der Waals surface area contributed by atoms with Crippen LogP contribution in [0.25, 0.3) is 0 Å². The Labute approximate surface area is 110 Å². The number of hydrogen-bond acceptors (Lipinski definition) is 2. The summed E-state index contributed by atoms with van der Waals surface area (Å²) in [5, 5.41) is 4.26. The molecule has 2 rings (SSSR count). The first-order valence-corrected chi connectivity index (χ1v) is 6.09. The van der Waals surface area contributed by atoms with Gasteiger partial charge in [0.25, 0.3) is 0 Å². The van der Waals surface area contributed by atoms with Crippen LogP contribution >= 0.6 is 11.6 Å². The molecule has 0 saturated heterocycles. The molecule has 0 aliphatic carbocycles. The molecule has 0 unspecified atom stereocenters. The molecule has 0 bridgehead atoms. The lowest BCUT2D eigenvalue weighted by Crippen LogP contribution is -1.94. The fourth-order valence-electron chi connectivity index (χ4n) is 1.76. The van der Waals surface area contributed by atoms with Crippen LogP contribution in [0.4, 0.5) is 4.39 Å². The van der Waals surface area contributed by atoms with Crippen molar-refractivity contribution in [1.29, 1.82) is 0 Å². The van der Waals surface area contributed by atoms with Gasteiger partial charge in [0, 0.05) is 12.6 Å². The Bertz CT molecular complexity index is 581. The van der Waals surface area contributed by atoms with Crippen LogP contribution in [-0.4, -0.2) is 9.78 Å². The van der Waals surface area contributed by atoms with Gasteiger partial charge in [0.2, 0.25) is 0 Å². The van der Waals surface area contributed by atoms with Gasteiger partial charge in [0.15, 0.2) is 5.75 Å². The van der Waals surface area contributed by atoms with Crippen LogP contribution in [0.15, 0.2) is 18.2 Å². The lowest BCUT2D eigenvalue weighted by Gasteiger charge is -2.09. The number of ether oxygens (including phenoxy) is 1. The van der Waals surface area contributed by atoms with E-state index in [1.54, 1.807) is 10.7 Å². The van der Waals surface area contributed by atoms with E-state index >= 15 is 0 Å². The minimum Gasteiger partial charge on any atom is -0.453 e. The molecule has 2 aromatic rings. The minimum atomic E-state index is -0.322. The van der Waals surface area contributed by atoms with Crippen LogP contribution in [0, 0.1) is 19.7 Å². The SMILES string of the molecule is Cc1nn(C)c(C)c1Oc1ccc(F)cc1CCl. The van der Waals surface area contributed by atoms with Gasteiger partial charge in [0.1, 0.15) is 17.3 Å². The second kappa shape index (κ2) is 4.98. The molecule has 0 aliphatic heterocycles. The van der Waals surface area contributed by atoms with E-state index in [0.717, 1.165) is 11.4 Å². The monoisotopic (exact) mass is 268 g/mol. The molecule has 3 nitrogen and oxygen atoms in total.